The number of nitrogens with zero attached hydrogens (tertiary/aromatic N) is 1. The third-order valence-electron chi connectivity index (χ3n) is 1.70. The van der Waals surface area contributed by atoms with Crippen LogP contribution in [0.4, 0.5) is 0 Å². The summed E-state index contributed by atoms with van der Waals surface area (Å²) in [6.07, 6.45) is 0. The van der Waals surface area contributed by atoms with Crippen molar-refractivity contribution in [3.8, 4) is 0 Å². The van der Waals surface area contributed by atoms with Crippen LogP contribution in [-0.4, -0.2) is 18.1 Å². The fourth-order valence-electron chi connectivity index (χ4n) is 0.986. The summed E-state index contributed by atoms with van der Waals surface area (Å²) in [7, 11) is 1.31. The minimum Gasteiger partial charge on any atom is -0.465 e. The SMILES string of the molecule is COC(=O)c1cc(Cl)nc(C(C)N)c1. The molecule has 0 aliphatic rings. The van der Waals surface area contributed by atoms with E-state index in [0.29, 0.717) is 11.3 Å². The van der Waals surface area contributed by atoms with Gasteiger partial charge < -0.3 is 10.5 Å². The van der Waals surface area contributed by atoms with Crippen molar-refractivity contribution >= 4 is 17.6 Å². The molecule has 1 aromatic heterocycles. The molecule has 0 fully saturated rings. The first-order chi connectivity index (χ1) is 6.54. The van der Waals surface area contributed by atoms with Crippen molar-refractivity contribution in [1.82, 2.24) is 4.98 Å². The molecular formula is C9H11ClN2O2. The summed E-state index contributed by atoms with van der Waals surface area (Å²) in [6, 6.07) is 2.75. The molecule has 0 amide bonds. The zero-order valence-electron chi connectivity index (χ0n) is 7.95. The van der Waals surface area contributed by atoms with E-state index < -0.39 is 5.97 Å². The minimum absolute atomic E-state index is 0.236. The molecule has 2 N–H and O–H groups in total. The molecule has 0 spiro atoms. The zero-order chi connectivity index (χ0) is 10.7. The van der Waals surface area contributed by atoms with E-state index in [1.165, 1.54) is 13.2 Å². The van der Waals surface area contributed by atoms with Crippen molar-refractivity contribution in [2.45, 2.75) is 13.0 Å². The number of pyridine rings is 1. The van der Waals surface area contributed by atoms with Crippen LogP contribution in [0.15, 0.2) is 12.1 Å². The summed E-state index contributed by atoms with van der Waals surface area (Å²) >= 11 is 5.72. The normalized spacial score (nSPS) is 12.3. The van der Waals surface area contributed by atoms with Crippen LogP contribution in [0.5, 0.6) is 0 Å². The van der Waals surface area contributed by atoms with Crippen molar-refractivity contribution < 1.29 is 9.53 Å². The van der Waals surface area contributed by atoms with Crippen molar-refractivity contribution in [1.29, 1.82) is 0 Å². The van der Waals surface area contributed by atoms with Gasteiger partial charge in [0.15, 0.2) is 0 Å². The fraction of sp³-hybridized carbons (Fsp3) is 0.333. The highest BCUT2D eigenvalue weighted by Crippen LogP contribution is 2.15. The molecule has 4 nitrogen and oxygen atoms in total. The van der Waals surface area contributed by atoms with Crippen LogP contribution in [0.3, 0.4) is 0 Å². The van der Waals surface area contributed by atoms with Gasteiger partial charge in [-0.3, -0.25) is 0 Å². The maximum absolute atomic E-state index is 11.2. The van der Waals surface area contributed by atoms with Gasteiger partial charge in [-0.25, -0.2) is 9.78 Å². The average molecular weight is 215 g/mol. The second-order valence-corrected chi connectivity index (χ2v) is 3.27. The Hall–Kier alpha value is -1.13. The van der Waals surface area contributed by atoms with Gasteiger partial charge in [0.25, 0.3) is 0 Å². The number of ether oxygens (including phenoxy) is 1. The lowest BCUT2D eigenvalue weighted by molar-refractivity contribution is 0.0600. The Labute approximate surface area is 87.0 Å². The second kappa shape index (κ2) is 4.39. The molecule has 1 heterocycles. The number of rotatable bonds is 2. The molecule has 1 unspecified atom stereocenters. The Kier molecular flexibility index (Phi) is 3.43. The third-order valence-corrected chi connectivity index (χ3v) is 1.90. The number of hydrogen-bond donors (Lipinski definition) is 1. The second-order valence-electron chi connectivity index (χ2n) is 2.88. The van der Waals surface area contributed by atoms with Gasteiger partial charge in [-0.1, -0.05) is 11.6 Å². The van der Waals surface area contributed by atoms with Crippen LogP contribution in [0.1, 0.15) is 29.0 Å². The smallest absolute Gasteiger partial charge is 0.338 e. The van der Waals surface area contributed by atoms with E-state index in [0.717, 1.165) is 0 Å². The molecule has 0 bridgehead atoms. The van der Waals surface area contributed by atoms with Crippen LogP contribution >= 0.6 is 11.6 Å². The predicted octanol–water partition coefficient (Wildman–Crippen LogP) is 1.54. The zero-order valence-corrected chi connectivity index (χ0v) is 8.71. The largest absolute Gasteiger partial charge is 0.465 e. The molecule has 1 atom stereocenters. The van der Waals surface area contributed by atoms with Gasteiger partial charge in [0, 0.05) is 6.04 Å². The molecule has 76 valence electrons. The van der Waals surface area contributed by atoms with Crippen molar-refractivity contribution in [2.75, 3.05) is 7.11 Å². The molecule has 1 aromatic rings. The summed E-state index contributed by atoms with van der Waals surface area (Å²) < 4.78 is 4.56. The molecular weight excluding hydrogens is 204 g/mol. The van der Waals surface area contributed by atoms with Crippen molar-refractivity contribution in [3.63, 3.8) is 0 Å². The molecule has 0 aliphatic heterocycles. The van der Waals surface area contributed by atoms with E-state index in [9.17, 15) is 4.79 Å². The highest BCUT2D eigenvalue weighted by molar-refractivity contribution is 6.29. The monoisotopic (exact) mass is 214 g/mol. The Bertz CT molecular complexity index is 353. The maximum Gasteiger partial charge on any atom is 0.338 e. The maximum atomic E-state index is 11.2. The number of carbonyl (C=O) groups is 1. The van der Waals surface area contributed by atoms with E-state index in [4.69, 9.17) is 17.3 Å². The number of aromatic nitrogens is 1. The van der Waals surface area contributed by atoms with E-state index in [1.807, 2.05) is 0 Å². The van der Waals surface area contributed by atoms with Crippen LogP contribution in [0.25, 0.3) is 0 Å². The van der Waals surface area contributed by atoms with E-state index in [-0.39, 0.29) is 11.2 Å². The van der Waals surface area contributed by atoms with E-state index in [2.05, 4.69) is 9.72 Å². The first-order valence-corrected chi connectivity index (χ1v) is 4.43. The molecule has 5 heteroatoms. The lowest BCUT2D eigenvalue weighted by Gasteiger charge is -2.07. The summed E-state index contributed by atoms with van der Waals surface area (Å²) in [6.45, 7) is 1.76. The number of methoxy groups -OCH3 is 1. The molecule has 0 aromatic carbocycles. The summed E-state index contributed by atoms with van der Waals surface area (Å²) in [5.74, 6) is -0.448. The van der Waals surface area contributed by atoms with Crippen molar-refractivity contribution in [3.05, 3.63) is 28.5 Å². The van der Waals surface area contributed by atoms with Gasteiger partial charge in [0.2, 0.25) is 0 Å². The quantitative estimate of drug-likeness (QED) is 0.599. The number of halogens is 1. The average Bonchev–Trinajstić information content (AvgIpc) is 2.15. The Morgan fingerprint density at radius 3 is 2.79 bits per heavy atom. The van der Waals surface area contributed by atoms with Gasteiger partial charge in [0.05, 0.1) is 18.4 Å². The van der Waals surface area contributed by atoms with Gasteiger partial charge in [0.1, 0.15) is 5.15 Å². The Morgan fingerprint density at radius 1 is 1.64 bits per heavy atom. The minimum atomic E-state index is -0.448. The van der Waals surface area contributed by atoms with Crippen LogP contribution in [0, 0.1) is 0 Å². The summed E-state index contributed by atoms with van der Waals surface area (Å²) in [4.78, 5) is 15.2. The standard InChI is InChI=1S/C9H11ClN2O2/c1-5(11)7-3-6(9(13)14-2)4-8(10)12-7/h3-5H,11H2,1-2H3. The van der Waals surface area contributed by atoms with Crippen LogP contribution in [0.2, 0.25) is 5.15 Å². The van der Waals surface area contributed by atoms with Crippen LogP contribution in [-0.2, 0) is 4.74 Å². The highest BCUT2D eigenvalue weighted by Gasteiger charge is 2.10. The molecule has 0 aliphatic carbocycles. The fourth-order valence-corrected chi connectivity index (χ4v) is 1.20. The van der Waals surface area contributed by atoms with E-state index in [1.54, 1.807) is 13.0 Å². The number of carbonyl (C=O) groups excluding carboxylic acids is 1. The lowest BCUT2D eigenvalue weighted by atomic mass is 10.1. The molecule has 0 radical (unpaired) electrons. The lowest BCUT2D eigenvalue weighted by Crippen LogP contribution is -2.10. The number of hydrogen-bond acceptors (Lipinski definition) is 4. The number of nitrogens with two attached hydrogens (primary N) is 1. The Balaban J connectivity index is 3.13. The molecule has 0 saturated carbocycles. The summed E-state index contributed by atoms with van der Waals surface area (Å²) in [5, 5.41) is 0.236. The first-order valence-electron chi connectivity index (χ1n) is 4.06. The van der Waals surface area contributed by atoms with Crippen molar-refractivity contribution in [2.24, 2.45) is 5.73 Å². The Morgan fingerprint density at radius 2 is 2.29 bits per heavy atom. The summed E-state index contributed by atoms with van der Waals surface area (Å²) in [5.41, 5.74) is 6.55. The van der Waals surface area contributed by atoms with Crippen LogP contribution < -0.4 is 5.73 Å². The van der Waals surface area contributed by atoms with Gasteiger partial charge >= 0.3 is 5.97 Å². The van der Waals surface area contributed by atoms with Gasteiger partial charge in [-0.15, -0.1) is 0 Å². The highest BCUT2D eigenvalue weighted by atomic mass is 35.5. The first kappa shape index (κ1) is 10.9. The van der Waals surface area contributed by atoms with E-state index >= 15 is 0 Å². The topological polar surface area (TPSA) is 65.2 Å². The third kappa shape index (κ3) is 2.43. The number of esters is 1. The van der Waals surface area contributed by atoms with Gasteiger partial charge in [-0.05, 0) is 19.1 Å². The van der Waals surface area contributed by atoms with Gasteiger partial charge in [-0.2, -0.15) is 0 Å². The predicted molar refractivity (Wildman–Crippen MR) is 53.2 cm³/mol. The molecule has 1 rings (SSSR count). The molecule has 14 heavy (non-hydrogen) atoms. The molecule has 0 saturated heterocycles.